The van der Waals surface area contributed by atoms with Crippen molar-refractivity contribution in [2.24, 2.45) is 0 Å². The van der Waals surface area contributed by atoms with Gasteiger partial charge in [0.1, 0.15) is 11.6 Å². The molecule has 0 radical (unpaired) electrons. The molecule has 0 fully saturated rings. The minimum atomic E-state index is -0.321. The van der Waals surface area contributed by atoms with Crippen LogP contribution in [0.3, 0.4) is 0 Å². The third kappa shape index (κ3) is 5.10. The van der Waals surface area contributed by atoms with Gasteiger partial charge in [0.15, 0.2) is 0 Å². The molecule has 0 atom stereocenters. The van der Waals surface area contributed by atoms with E-state index in [9.17, 15) is 9.18 Å². The Bertz CT molecular complexity index is 1010. The molecule has 3 rings (SSSR count). The first-order valence-corrected chi connectivity index (χ1v) is 9.44. The Labute approximate surface area is 169 Å². The second kappa shape index (κ2) is 9.19. The van der Waals surface area contributed by atoms with Gasteiger partial charge in [0, 0.05) is 18.5 Å². The van der Waals surface area contributed by atoms with E-state index in [0.29, 0.717) is 36.7 Å². The Hall–Kier alpha value is -3.41. The van der Waals surface area contributed by atoms with Crippen LogP contribution < -0.4 is 10.1 Å². The SMILES string of the molecule is C=CCNC(=O)CCc1c(C)nn(-c2ccc(F)cc2)c1Oc1cccc(C)c1. The minimum absolute atomic E-state index is 0.0691. The molecule has 1 N–H and O–H groups in total. The highest BCUT2D eigenvalue weighted by Gasteiger charge is 2.20. The van der Waals surface area contributed by atoms with E-state index in [0.717, 1.165) is 16.8 Å². The van der Waals surface area contributed by atoms with Crippen molar-refractivity contribution in [2.45, 2.75) is 26.7 Å². The average Bonchev–Trinajstić information content (AvgIpc) is 3.00. The van der Waals surface area contributed by atoms with Crippen molar-refractivity contribution in [2.75, 3.05) is 6.54 Å². The highest BCUT2D eigenvalue weighted by Crippen LogP contribution is 2.32. The second-order valence-electron chi connectivity index (χ2n) is 6.77. The van der Waals surface area contributed by atoms with Crippen molar-refractivity contribution in [1.82, 2.24) is 15.1 Å². The highest BCUT2D eigenvalue weighted by atomic mass is 19.1. The largest absolute Gasteiger partial charge is 0.439 e. The number of halogens is 1. The average molecular weight is 393 g/mol. The Morgan fingerprint density at radius 1 is 1.24 bits per heavy atom. The summed E-state index contributed by atoms with van der Waals surface area (Å²) in [6.07, 6.45) is 2.41. The van der Waals surface area contributed by atoms with Gasteiger partial charge in [-0.15, -0.1) is 6.58 Å². The lowest BCUT2D eigenvalue weighted by atomic mass is 10.1. The van der Waals surface area contributed by atoms with Gasteiger partial charge in [-0.1, -0.05) is 18.2 Å². The van der Waals surface area contributed by atoms with Crippen LogP contribution in [0.4, 0.5) is 4.39 Å². The molecule has 0 bridgehead atoms. The Kier molecular flexibility index (Phi) is 6.44. The zero-order chi connectivity index (χ0) is 20.8. The molecule has 0 aliphatic heterocycles. The van der Waals surface area contributed by atoms with Crippen molar-refractivity contribution in [1.29, 1.82) is 0 Å². The van der Waals surface area contributed by atoms with Gasteiger partial charge in [0.2, 0.25) is 11.8 Å². The summed E-state index contributed by atoms with van der Waals surface area (Å²) in [5.41, 5.74) is 3.34. The number of hydrogen-bond acceptors (Lipinski definition) is 3. The fourth-order valence-corrected chi connectivity index (χ4v) is 2.99. The van der Waals surface area contributed by atoms with Crippen molar-refractivity contribution in [3.05, 3.63) is 83.8 Å². The molecule has 6 heteroatoms. The number of nitrogens with one attached hydrogen (secondary N) is 1. The molecule has 2 aromatic carbocycles. The lowest BCUT2D eigenvalue weighted by molar-refractivity contribution is -0.120. The van der Waals surface area contributed by atoms with Crippen LogP contribution >= 0.6 is 0 Å². The normalized spacial score (nSPS) is 10.6. The summed E-state index contributed by atoms with van der Waals surface area (Å²) < 4.78 is 21.2. The first kappa shape index (κ1) is 20.3. The molecule has 0 aliphatic rings. The zero-order valence-electron chi connectivity index (χ0n) is 16.6. The number of amides is 1. The third-order valence-corrected chi connectivity index (χ3v) is 4.46. The summed E-state index contributed by atoms with van der Waals surface area (Å²) >= 11 is 0. The number of carbonyl (C=O) groups excluding carboxylic acids is 1. The van der Waals surface area contributed by atoms with E-state index < -0.39 is 0 Å². The van der Waals surface area contributed by atoms with Crippen LogP contribution in [0.2, 0.25) is 0 Å². The maximum Gasteiger partial charge on any atom is 0.226 e. The van der Waals surface area contributed by atoms with Crippen molar-refractivity contribution < 1.29 is 13.9 Å². The zero-order valence-corrected chi connectivity index (χ0v) is 16.6. The summed E-state index contributed by atoms with van der Waals surface area (Å²) in [7, 11) is 0. The molecular formula is C23H24FN3O2. The van der Waals surface area contributed by atoms with Gasteiger partial charge in [0.25, 0.3) is 0 Å². The smallest absolute Gasteiger partial charge is 0.226 e. The Balaban J connectivity index is 1.96. The lowest BCUT2D eigenvalue weighted by Gasteiger charge is -2.12. The van der Waals surface area contributed by atoms with Gasteiger partial charge < -0.3 is 10.1 Å². The van der Waals surface area contributed by atoms with Gasteiger partial charge >= 0.3 is 0 Å². The van der Waals surface area contributed by atoms with E-state index in [1.54, 1.807) is 22.9 Å². The fraction of sp³-hybridized carbons (Fsp3) is 0.217. The number of nitrogens with zero attached hydrogens (tertiary/aromatic N) is 2. The van der Waals surface area contributed by atoms with Crippen LogP contribution in [-0.4, -0.2) is 22.2 Å². The van der Waals surface area contributed by atoms with E-state index in [1.165, 1.54) is 12.1 Å². The van der Waals surface area contributed by atoms with Crippen LogP contribution in [0.15, 0.2) is 61.2 Å². The molecule has 0 saturated heterocycles. The van der Waals surface area contributed by atoms with E-state index in [4.69, 9.17) is 4.74 Å². The molecule has 0 saturated carbocycles. The van der Waals surface area contributed by atoms with E-state index in [1.807, 2.05) is 38.1 Å². The van der Waals surface area contributed by atoms with Crippen LogP contribution in [-0.2, 0) is 11.2 Å². The quantitative estimate of drug-likeness (QED) is 0.567. The molecule has 5 nitrogen and oxygen atoms in total. The number of aryl methyl sites for hydroxylation is 2. The van der Waals surface area contributed by atoms with Crippen LogP contribution in [0.25, 0.3) is 5.69 Å². The molecule has 0 spiro atoms. The first-order chi connectivity index (χ1) is 14.0. The number of hydrogen-bond donors (Lipinski definition) is 1. The molecular weight excluding hydrogens is 369 g/mol. The summed E-state index contributed by atoms with van der Waals surface area (Å²) in [6.45, 7) is 7.89. The maximum atomic E-state index is 13.4. The minimum Gasteiger partial charge on any atom is -0.439 e. The summed E-state index contributed by atoms with van der Waals surface area (Å²) in [4.78, 5) is 12.0. The molecule has 1 amide bonds. The highest BCUT2D eigenvalue weighted by molar-refractivity contribution is 5.76. The second-order valence-corrected chi connectivity index (χ2v) is 6.77. The summed E-state index contributed by atoms with van der Waals surface area (Å²) in [5, 5.41) is 7.37. The first-order valence-electron chi connectivity index (χ1n) is 9.44. The predicted molar refractivity (Wildman–Crippen MR) is 111 cm³/mol. The van der Waals surface area contributed by atoms with Crippen LogP contribution in [0.5, 0.6) is 11.6 Å². The van der Waals surface area contributed by atoms with Crippen molar-refractivity contribution in [3.8, 4) is 17.3 Å². The van der Waals surface area contributed by atoms with Gasteiger partial charge in [-0.05, 0) is 62.2 Å². The lowest BCUT2D eigenvalue weighted by Crippen LogP contribution is -2.23. The molecule has 0 aliphatic carbocycles. The Morgan fingerprint density at radius 3 is 2.69 bits per heavy atom. The van der Waals surface area contributed by atoms with Crippen LogP contribution in [0, 0.1) is 19.7 Å². The van der Waals surface area contributed by atoms with E-state index in [-0.39, 0.29) is 11.7 Å². The van der Waals surface area contributed by atoms with Gasteiger partial charge in [-0.2, -0.15) is 5.10 Å². The predicted octanol–water partition coefficient (Wildman–Crippen LogP) is 4.66. The molecule has 3 aromatic rings. The summed E-state index contributed by atoms with van der Waals surface area (Å²) in [6, 6.07) is 13.7. The molecule has 0 unspecified atom stereocenters. The van der Waals surface area contributed by atoms with Gasteiger partial charge in [-0.25, -0.2) is 9.07 Å². The third-order valence-electron chi connectivity index (χ3n) is 4.46. The van der Waals surface area contributed by atoms with Gasteiger partial charge in [0.05, 0.1) is 11.4 Å². The van der Waals surface area contributed by atoms with Crippen molar-refractivity contribution in [3.63, 3.8) is 0 Å². The van der Waals surface area contributed by atoms with E-state index >= 15 is 0 Å². The monoisotopic (exact) mass is 393 g/mol. The van der Waals surface area contributed by atoms with Gasteiger partial charge in [-0.3, -0.25) is 4.79 Å². The summed E-state index contributed by atoms with van der Waals surface area (Å²) in [5.74, 6) is 0.806. The number of rotatable bonds is 8. The van der Waals surface area contributed by atoms with Crippen LogP contribution in [0.1, 0.15) is 23.2 Å². The van der Waals surface area contributed by atoms with Crippen molar-refractivity contribution >= 4 is 5.91 Å². The molecule has 1 aromatic heterocycles. The molecule has 150 valence electrons. The molecule has 29 heavy (non-hydrogen) atoms. The standard InChI is InChI=1S/C23H24FN3O2/c1-4-14-25-22(28)13-12-21-17(3)26-27(19-10-8-18(24)9-11-19)23(21)29-20-7-5-6-16(2)15-20/h4-11,15H,1,12-14H2,2-3H3,(H,25,28). The van der Waals surface area contributed by atoms with E-state index in [2.05, 4.69) is 17.0 Å². The number of carbonyl (C=O) groups is 1. The number of ether oxygens (including phenoxy) is 1. The number of aromatic nitrogens is 2. The number of benzene rings is 2. The topological polar surface area (TPSA) is 56.2 Å². The fourth-order valence-electron chi connectivity index (χ4n) is 2.99. The Morgan fingerprint density at radius 2 is 2.00 bits per heavy atom. The maximum absolute atomic E-state index is 13.4. The molecule has 1 heterocycles.